The highest BCUT2D eigenvalue weighted by atomic mass is 35.5. The van der Waals surface area contributed by atoms with Crippen molar-refractivity contribution in [3.05, 3.63) is 57.3 Å². The van der Waals surface area contributed by atoms with E-state index in [-0.39, 0.29) is 5.02 Å². The SMILES string of the molecule is Fc1ccc(NC(=S)Nc2ccc(Cl)c(Cl)c2)c(Cl)c1. The van der Waals surface area contributed by atoms with Crippen LogP contribution in [0.4, 0.5) is 15.8 Å². The fraction of sp³-hybridized carbons (Fsp3) is 0. The van der Waals surface area contributed by atoms with Crippen LogP contribution in [0.5, 0.6) is 0 Å². The van der Waals surface area contributed by atoms with Crippen molar-refractivity contribution >= 4 is 63.5 Å². The number of benzene rings is 2. The fourth-order valence-corrected chi connectivity index (χ4v) is 2.19. The van der Waals surface area contributed by atoms with Crippen molar-refractivity contribution in [2.24, 2.45) is 0 Å². The Bertz CT molecular complexity index is 664. The van der Waals surface area contributed by atoms with Gasteiger partial charge < -0.3 is 10.6 Å². The number of rotatable bonds is 2. The molecule has 0 aliphatic heterocycles. The summed E-state index contributed by atoms with van der Waals surface area (Å²) in [5, 5.41) is 7.20. The highest BCUT2D eigenvalue weighted by Crippen LogP contribution is 2.26. The lowest BCUT2D eigenvalue weighted by molar-refractivity contribution is 0.628. The van der Waals surface area contributed by atoms with E-state index in [4.69, 9.17) is 47.0 Å². The molecule has 20 heavy (non-hydrogen) atoms. The van der Waals surface area contributed by atoms with Gasteiger partial charge in [0.05, 0.1) is 20.8 Å². The minimum atomic E-state index is -0.413. The number of thiocarbonyl (C=S) groups is 1. The van der Waals surface area contributed by atoms with Gasteiger partial charge in [0.15, 0.2) is 5.11 Å². The maximum absolute atomic E-state index is 12.9. The molecule has 0 bridgehead atoms. The summed E-state index contributed by atoms with van der Waals surface area (Å²) < 4.78 is 12.9. The van der Waals surface area contributed by atoms with Crippen LogP contribution < -0.4 is 10.6 Å². The van der Waals surface area contributed by atoms with E-state index >= 15 is 0 Å². The van der Waals surface area contributed by atoms with Gasteiger partial charge in [-0.05, 0) is 48.6 Å². The number of hydrogen-bond acceptors (Lipinski definition) is 1. The summed E-state index contributed by atoms with van der Waals surface area (Å²) in [5.41, 5.74) is 1.18. The molecule has 0 spiro atoms. The zero-order valence-electron chi connectivity index (χ0n) is 9.88. The second kappa shape index (κ2) is 6.59. The molecule has 0 saturated heterocycles. The van der Waals surface area contributed by atoms with Gasteiger partial charge in [0.1, 0.15) is 5.82 Å². The zero-order valence-corrected chi connectivity index (χ0v) is 13.0. The van der Waals surface area contributed by atoms with Crippen molar-refractivity contribution in [2.45, 2.75) is 0 Å². The van der Waals surface area contributed by atoms with Gasteiger partial charge >= 0.3 is 0 Å². The number of hydrogen-bond donors (Lipinski definition) is 2. The van der Waals surface area contributed by atoms with E-state index in [1.807, 2.05) is 0 Å². The van der Waals surface area contributed by atoms with Crippen LogP contribution in [-0.2, 0) is 0 Å². The third-order valence-corrected chi connectivity index (χ3v) is 3.61. The van der Waals surface area contributed by atoms with Gasteiger partial charge in [0, 0.05) is 5.69 Å². The van der Waals surface area contributed by atoms with Gasteiger partial charge in [0.2, 0.25) is 0 Å². The quantitative estimate of drug-likeness (QED) is 0.691. The van der Waals surface area contributed by atoms with Crippen LogP contribution in [0, 0.1) is 5.82 Å². The molecule has 2 nitrogen and oxygen atoms in total. The fourth-order valence-electron chi connectivity index (χ4n) is 1.45. The Hall–Kier alpha value is -1.07. The Kier molecular flexibility index (Phi) is 5.05. The molecule has 0 fully saturated rings. The molecular weight excluding hydrogens is 342 g/mol. The molecule has 0 heterocycles. The molecule has 0 aromatic heterocycles. The van der Waals surface area contributed by atoms with Crippen LogP contribution in [0.25, 0.3) is 0 Å². The third kappa shape index (κ3) is 3.96. The largest absolute Gasteiger partial charge is 0.332 e. The van der Waals surface area contributed by atoms with Crippen molar-refractivity contribution in [1.82, 2.24) is 0 Å². The Balaban J connectivity index is 2.07. The first kappa shape index (κ1) is 15.3. The standard InChI is InChI=1S/C13H8Cl3FN2S/c14-9-3-2-8(6-10(9)15)18-13(20)19-12-4-1-7(17)5-11(12)16/h1-6H,(H2,18,19,20). The van der Waals surface area contributed by atoms with Crippen molar-refractivity contribution in [1.29, 1.82) is 0 Å². The summed E-state index contributed by atoms with van der Waals surface area (Å²) in [6.07, 6.45) is 0. The number of anilines is 2. The molecule has 0 unspecified atom stereocenters. The summed E-state index contributed by atoms with van der Waals surface area (Å²) in [7, 11) is 0. The lowest BCUT2D eigenvalue weighted by Gasteiger charge is -2.12. The van der Waals surface area contributed by atoms with E-state index in [0.29, 0.717) is 26.5 Å². The van der Waals surface area contributed by atoms with E-state index in [2.05, 4.69) is 10.6 Å². The van der Waals surface area contributed by atoms with Crippen LogP contribution >= 0.6 is 47.0 Å². The molecule has 2 aromatic carbocycles. The van der Waals surface area contributed by atoms with Crippen LogP contribution in [0.15, 0.2) is 36.4 Å². The summed E-state index contributed by atoms with van der Waals surface area (Å²) in [6.45, 7) is 0. The topological polar surface area (TPSA) is 24.1 Å². The lowest BCUT2D eigenvalue weighted by atomic mass is 10.3. The summed E-state index contributed by atoms with van der Waals surface area (Å²) in [4.78, 5) is 0. The minimum absolute atomic E-state index is 0.239. The first-order chi connectivity index (χ1) is 9.45. The predicted molar refractivity (Wildman–Crippen MR) is 87.7 cm³/mol. The van der Waals surface area contributed by atoms with Crippen LogP contribution in [0.1, 0.15) is 0 Å². The van der Waals surface area contributed by atoms with Crippen molar-refractivity contribution in [3.8, 4) is 0 Å². The average Bonchev–Trinajstić information content (AvgIpc) is 2.37. The van der Waals surface area contributed by atoms with Gasteiger partial charge in [0.25, 0.3) is 0 Å². The molecule has 0 aliphatic rings. The molecule has 2 N–H and O–H groups in total. The van der Waals surface area contributed by atoms with E-state index in [1.54, 1.807) is 18.2 Å². The molecule has 2 aromatic rings. The Morgan fingerprint density at radius 3 is 2.30 bits per heavy atom. The summed E-state index contributed by atoms with van der Waals surface area (Å²) in [5.74, 6) is -0.413. The normalized spacial score (nSPS) is 10.2. The smallest absolute Gasteiger partial charge is 0.175 e. The van der Waals surface area contributed by atoms with Crippen molar-refractivity contribution < 1.29 is 4.39 Å². The van der Waals surface area contributed by atoms with E-state index < -0.39 is 5.82 Å². The Morgan fingerprint density at radius 2 is 1.65 bits per heavy atom. The molecule has 0 atom stereocenters. The molecule has 0 amide bonds. The van der Waals surface area contributed by atoms with E-state index in [9.17, 15) is 4.39 Å². The molecule has 104 valence electrons. The number of nitrogens with one attached hydrogen (secondary N) is 2. The summed E-state index contributed by atoms with van der Waals surface area (Å²) in [6, 6.07) is 9.01. The first-order valence-corrected chi connectivity index (χ1v) is 6.98. The molecule has 0 saturated carbocycles. The Morgan fingerprint density at radius 1 is 0.900 bits per heavy atom. The zero-order chi connectivity index (χ0) is 14.7. The second-order valence-electron chi connectivity index (χ2n) is 3.83. The molecule has 2 rings (SSSR count). The highest BCUT2D eigenvalue weighted by molar-refractivity contribution is 7.80. The van der Waals surface area contributed by atoms with E-state index in [1.165, 1.54) is 18.2 Å². The molecule has 0 aliphatic carbocycles. The van der Waals surface area contributed by atoms with Crippen LogP contribution in [0.2, 0.25) is 15.1 Å². The maximum atomic E-state index is 12.9. The second-order valence-corrected chi connectivity index (χ2v) is 5.46. The van der Waals surface area contributed by atoms with Gasteiger partial charge in [-0.15, -0.1) is 0 Å². The number of halogens is 4. The average molecular weight is 350 g/mol. The monoisotopic (exact) mass is 348 g/mol. The molecule has 7 heteroatoms. The first-order valence-electron chi connectivity index (χ1n) is 5.44. The lowest BCUT2D eigenvalue weighted by Crippen LogP contribution is -2.19. The maximum Gasteiger partial charge on any atom is 0.175 e. The van der Waals surface area contributed by atoms with Crippen molar-refractivity contribution in [2.75, 3.05) is 10.6 Å². The highest BCUT2D eigenvalue weighted by Gasteiger charge is 2.05. The van der Waals surface area contributed by atoms with E-state index in [0.717, 1.165) is 0 Å². The van der Waals surface area contributed by atoms with Gasteiger partial charge in [-0.2, -0.15) is 0 Å². The van der Waals surface area contributed by atoms with Crippen LogP contribution in [0.3, 0.4) is 0 Å². The van der Waals surface area contributed by atoms with Gasteiger partial charge in [-0.1, -0.05) is 34.8 Å². The minimum Gasteiger partial charge on any atom is -0.332 e. The Labute approximate surface area is 135 Å². The van der Waals surface area contributed by atoms with Crippen LogP contribution in [-0.4, -0.2) is 5.11 Å². The van der Waals surface area contributed by atoms with Gasteiger partial charge in [-0.3, -0.25) is 0 Å². The summed E-state index contributed by atoms with van der Waals surface area (Å²) >= 11 is 22.8. The third-order valence-electron chi connectivity index (χ3n) is 2.36. The van der Waals surface area contributed by atoms with Gasteiger partial charge in [-0.25, -0.2) is 4.39 Å². The molecular formula is C13H8Cl3FN2S. The van der Waals surface area contributed by atoms with Crippen molar-refractivity contribution in [3.63, 3.8) is 0 Å². The predicted octanol–water partition coefficient (Wildman–Crippen LogP) is 5.59. The molecule has 0 radical (unpaired) electrons.